The lowest BCUT2D eigenvalue weighted by Crippen LogP contribution is -2.57. The maximum absolute atomic E-state index is 16.1. The number of aldehydes is 1. The molecule has 0 N–H and O–H groups in total. The van der Waals surface area contributed by atoms with Gasteiger partial charge in [-0.25, -0.2) is 0 Å². The van der Waals surface area contributed by atoms with Gasteiger partial charge in [0.15, 0.2) is 12.9 Å². The number of nitrogens with zero attached hydrogens (tertiary/aromatic N) is 1. The summed E-state index contributed by atoms with van der Waals surface area (Å²) >= 11 is 0. The van der Waals surface area contributed by atoms with Crippen molar-refractivity contribution >= 4 is 26.1 Å². The molecule has 122 valence electrons. The van der Waals surface area contributed by atoms with E-state index in [-0.39, 0.29) is 6.61 Å². The SMILES string of the molecule is CC(C)(C)[Si](F)(c1ccc(C=NOCC=O)cc1)C(C)(C)C. The highest BCUT2D eigenvalue weighted by atomic mass is 28.4. The van der Waals surface area contributed by atoms with E-state index in [1.807, 2.05) is 65.8 Å². The van der Waals surface area contributed by atoms with Gasteiger partial charge < -0.3 is 8.95 Å². The fraction of sp³-hybridized carbons (Fsp3) is 0.529. The molecule has 0 aliphatic carbocycles. The first kappa shape index (κ1) is 18.6. The zero-order valence-corrected chi connectivity index (χ0v) is 15.3. The maximum Gasteiger partial charge on any atom is 0.288 e. The Hall–Kier alpha value is -1.49. The Labute approximate surface area is 133 Å². The van der Waals surface area contributed by atoms with Crippen LogP contribution in [0.3, 0.4) is 0 Å². The zero-order chi connectivity index (χ0) is 17.0. The number of carbonyl (C=O) groups excluding carboxylic acids is 1. The summed E-state index contributed by atoms with van der Waals surface area (Å²) in [5, 5.41) is 3.68. The largest absolute Gasteiger partial charge is 0.388 e. The minimum absolute atomic E-state index is 0.0663. The Morgan fingerprint density at radius 1 is 1.09 bits per heavy atom. The summed E-state index contributed by atoms with van der Waals surface area (Å²) in [4.78, 5) is 14.9. The number of halogens is 1. The minimum Gasteiger partial charge on any atom is -0.388 e. The normalized spacial score (nSPS) is 13.4. The Morgan fingerprint density at radius 3 is 2.00 bits per heavy atom. The van der Waals surface area contributed by atoms with Crippen molar-refractivity contribution in [1.82, 2.24) is 0 Å². The van der Waals surface area contributed by atoms with Crippen LogP contribution in [0.5, 0.6) is 0 Å². The van der Waals surface area contributed by atoms with Gasteiger partial charge in [-0.1, -0.05) is 71.0 Å². The molecule has 5 heteroatoms. The zero-order valence-electron chi connectivity index (χ0n) is 14.3. The molecule has 0 aromatic heterocycles. The third-order valence-electron chi connectivity index (χ3n) is 3.79. The number of oxime groups is 1. The first-order valence-corrected chi connectivity index (χ1v) is 9.30. The van der Waals surface area contributed by atoms with Gasteiger partial charge in [-0.3, -0.25) is 4.79 Å². The second-order valence-corrected chi connectivity index (χ2v) is 12.4. The quantitative estimate of drug-likeness (QED) is 0.205. The Morgan fingerprint density at radius 2 is 1.59 bits per heavy atom. The molecular weight excluding hydrogens is 297 g/mol. The molecule has 0 heterocycles. The summed E-state index contributed by atoms with van der Waals surface area (Å²) in [6.07, 6.45) is 2.15. The smallest absolute Gasteiger partial charge is 0.288 e. The fourth-order valence-electron chi connectivity index (χ4n) is 2.96. The van der Waals surface area contributed by atoms with Gasteiger partial charge in [-0.2, -0.15) is 0 Å². The average molecular weight is 323 g/mol. The number of benzene rings is 1. The van der Waals surface area contributed by atoms with Crippen molar-refractivity contribution in [3.05, 3.63) is 29.8 Å². The van der Waals surface area contributed by atoms with E-state index in [1.54, 1.807) is 0 Å². The number of hydrogen-bond donors (Lipinski definition) is 0. The van der Waals surface area contributed by atoms with Crippen molar-refractivity contribution in [1.29, 1.82) is 0 Å². The molecule has 22 heavy (non-hydrogen) atoms. The first-order chi connectivity index (χ1) is 10.0. The van der Waals surface area contributed by atoms with E-state index in [0.29, 0.717) is 6.29 Å². The molecule has 0 spiro atoms. The molecular formula is C17H26FNO2Si. The summed E-state index contributed by atoms with van der Waals surface area (Å²) in [5.74, 6) is 0. The van der Waals surface area contributed by atoms with E-state index < -0.39 is 18.5 Å². The molecule has 0 bridgehead atoms. The molecule has 0 fully saturated rings. The van der Waals surface area contributed by atoms with Crippen LogP contribution in [0.4, 0.5) is 4.11 Å². The van der Waals surface area contributed by atoms with E-state index in [9.17, 15) is 4.79 Å². The molecule has 0 atom stereocenters. The lowest BCUT2D eigenvalue weighted by atomic mass is 10.2. The van der Waals surface area contributed by atoms with Gasteiger partial charge in [0.1, 0.15) is 0 Å². The number of hydrogen-bond acceptors (Lipinski definition) is 3. The molecule has 0 aliphatic rings. The molecule has 0 saturated heterocycles. The van der Waals surface area contributed by atoms with Crippen LogP contribution in [0.25, 0.3) is 0 Å². The molecule has 1 aromatic carbocycles. The van der Waals surface area contributed by atoms with E-state index in [0.717, 1.165) is 10.8 Å². The molecule has 0 radical (unpaired) electrons. The lowest BCUT2D eigenvalue weighted by Gasteiger charge is -2.44. The van der Waals surface area contributed by atoms with Crippen LogP contribution in [0.1, 0.15) is 47.1 Å². The van der Waals surface area contributed by atoms with Crippen LogP contribution in [-0.4, -0.2) is 27.5 Å². The van der Waals surface area contributed by atoms with Gasteiger partial charge in [0, 0.05) is 0 Å². The molecule has 3 nitrogen and oxygen atoms in total. The molecule has 0 saturated carbocycles. The molecule has 0 amide bonds. The second kappa shape index (κ2) is 6.73. The average Bonchev–Trinajstić information content (AvgIpc) is 2.41. The van der Waals surface area contributed by atoms with Gasteiger partial charge in [0.2, 0.25) is 0 Å². The van der Waals surface area contributed by atoms with Crippen LogP contribution in [-0.2, 0) is 9.63 Å². The van der Waals surface area contributed by atoms with Gasteiger partial charge in [-0.05, 0) is 20.8 Å². The number of carbonyl (C=O) groups is 1. The fourth-order valence-corrected chi connectivity index (χ4v) is 7.57. The topological polar surface area (TPSA) is 38.7 Å². The highest BCUT2D eigenvalue weighted by molar-refractivity contribution is 6.90. The van der Waals surface area contributed by atoms with Gasteiger partial charge in [0.25, 0.3) is 8.41 Å². The van der Waals surface area contributed by atoms with Crippen molar-refractivity contribution < 1.29 is 13.7 Å². The van der Waals surface area contributed by atoms with Crippen LogP contribution >= 0.6 is 0 Å². The Bertz CT molecular complexity index is 513. The highest BCUT2D eigenvalue weighted by Crippen LogP contribution is 2.51. The standard InChI is InChI=1S/C17H26FNO2Si/c1-16(2,3)22(18,17(4,5)6)15-9-7-14(8-10-15)13-19-21-12-11-20/h7-11,13H,12H2,1-6H3. The molecule has 1 aromatic rings. The monoisotopic (exact) mass is 323 g/mol. The van der Waals surface area contributed by atoms with Crippen molar-refractivity contribution in [3.8, 4) is 0 Å². The third kappa shape index (κ3) is 3.83. The van der Waals surface area contributed by atoms with E-state index in [2.05, 4.69) is 5.16 Å². The highest BCUT2D eigenvalue weighted by Gasteiger charge is 2.56. The molecule has 1 rings (SSSR count). The molecule has 0 aliphatic heterocycles. The van der Waals surface area contributed by atoms with Crippen LogP contribution < -0.4 is 5.19 Å². The van der Waals surface area contributed by atoms with Crippen molar-refractivity contribution in [3.63, 3.8) is 0 Å². The Kier molecular flexibility index (Phi) is 5.68. The maximum atomic E-state index is 16.1. The van der Waals surface area contributed by atoms with Gasteiger partial charge >= 0.3 is 0 Å². The van der Waals surface area contributed by atoms with Crippen molar-refractivity contribution in [2.24, 2.45) is 5.16 Å². The predicted molar refractivity (Wildman–Crippen MR) is 92.0 cm³/mol. The summed E-state index contributed by atoms with van der Waals surface area (Å²) in [6.45, 7) is 11.8. The van der Waals surface area contributed by atoms with Crippen LogP contribution in [0.2, 0.25) is 10.1 Å². The minimum atomic E-state index is -3.22. The summed E-state index contributed by atoms with van der Waals surface area (Å²) in [6, 6.07) is 7.37. The summed E-state index contributed by atoms with van der Waals surface area (Å²) in [5.41, 5.74) is 0.814. The van der Waals surface area contributed by atoms with E-state index in [4.69, 9.17) is 4.84 Å². The summed E-state index contributed by atoms with van der Waals surface area (Å²) in [7, 11) is -3.22. The van der Waals surface area contributed by atoms with Crippen molar-refractivity contribution in [2.75, 3.05) is 6.61 Å². The summed E-state index contributed by atoms with van der Waals surface area (Å²) < 4.78 is 16.1. The van der Waals surface area contributed by atoms with Crippen LogP contribution in [0, 0.1) is 0 Å². The van der Waals surface area contributed by atoms with Crippen molar-refractivity contribution in [2.45, 2.75) is 51.6 Å². The van der Waals surface area contributed by atoms with E-state index >= 15 is 4.11 Å². The van der Waals surface area contributed by atoms with Crippen LogP contribution in [0.15, 0.2) is 29.4 Å². The lowest BCUT2D eigenvalue weighted by molar-refractivity contribution is -0.111. The third-order valence-corrected chi connectivity index (χ3v) is 9.06. The first-order valence-electron chi connectivity index (χ1n) is 7.42. The predicted octanol–water partition coefficient (Wildman–Crippen LogP) is 3.96. The second-order valence-electron chi connectivity index (χ2n) is 7.48. The van der Waals surface area contributed by atoms with Gasteiger partial charge in [-0.15, -0.1) is 0 Å². The van der Waals surface area contributed by atoms with E-state index in [1.165, 1.54) is 6.21 Å². The number of rotatable bonds is 5. The molecule has 0 unspecified atom stereocenters. The van der Waals surface area contributed by atoms with Gasteiger partial charge in [0.05, 0.1) is 6.21 Å². The Balaban J connectivity index is 3.10.